The zero-order valence-corrected chi connectivity index (χ0v) is 10.0. The first kappa shape index (κ1) is 11.6. The Morgan fingerprint density at radius 3 is 2.71 bits per heavy atom. The van der Waals surface area contributed by atoms with E-state index < -0.39 is 0 Å². The molecule has 0 saturated carbocycles. The molecule has 0 aromatic heterocycles. The molecule has 0 atom stereocenters. The van der Waals surface area contributed by atoms with Crippen LogP contribution < -0.4 is 0 Å². The quantitative estimate of drug-likeness (QED) is 0.688. The Labute approximate surface area is 100 Å². The molecule has 4 nitrogen and oxygen atoms in total. The number of fused-ring (bicyclic) bond motifs is 1. The summed E-state index contributed by atoms with van der Waals surface area (Å²) in [6, 6.07) is 5.53. The second kappa shape index (κ2) is 4.57. The Balaban J connectivity index is 2.29. The minimum atomic E-state index is -0.340. The number of hydrogen-bond acceptors (Lipinski definition) is 3. The molecule has 90 valence electrons. The lowest BCUT2D eigenvalue weighted by Gasteiger charge is -2.28. The average molecular weight is 233 g/mol. The monoisotopic (exact) mass is 233 g/mol. The third-order valence-corrected chi connectivity index (χ3v) is 3.08. The Hall–Kier alpha value is -1.84. The van der Waals surface area contributed by atoms with E-state index in [1.807, 2.05) is 12.1 Å². The first-order valence-electron chi connectivity index (χ1n) is 5.57. The minimum absolute atomic E-state index is 0.0686. The standard InChI is InChI=1S/C13H15NO3/c1-9(15)14-6-5-10-3-4-11(13(16)17-2)7-12(10)8-14/h3-4,7H,5-6,8H2,1-2H3. The summed E-state index contributed by atoms with van der Waals surface area (Å²) in [6.45, 7) is 2.89. The molecule has 0 N–H and O–H groups in total. The molecule has 0 aliphatic carbocycles. The van der Waals surface area contributed by atoms with E-state index in [4.69, 9.17) is 0 Å². The maximum absolute atomic E-state index is 11.4. The zero-order valence-electron chi connectivity index (χ0n) is 10.0. The van der Waals surface area contributed by atoms with Crippen molar-refractivity contribution in [3.05, 3.63) is 34.9 Å². The summed E-state index contributed by atoms with van der Waals surface area (Å²) in [6.07, 6.45) is 0.844. The third-order valence-electron chi connectivity index (χ3n) is 3.08. The van der Waals surface area contributed by atoms with Crippen molar-refractivity contribution in [2.24, 2.45) is 0 Å². The van der Waals surface area contributed by atoms with Crippen molar-refractivity contribution < 1.29 is 14.3 Å². The van der Waals surface area contributed by atoms with Crippen LogP contribution in [0.4, 0.5) is 0 Å². The molecule has 1 aromatic carbocycles. The van der Waals surface area contributed by atoms with Crippen LogP contribution >= 0.6 is 0 Å². The molecule has 1 aliphatic rings. The van der Waals surface area contributed by atoms with Crippen molar-refractivity contribution in [2.75, 3.05) is 13.7 Å². The highest BCUT2D eigenvalue weighted by Gasteiger charge is 2.19. The number of methoxy groups -OCH3 is 1. The highest BCUT2D eigenvalue weighted by molar-refractivity contribution is 5.89. The van der Waals surface area contributed by atoms with Gasteiger partial charge in [0.2, 0.25) is 5.91 Å². The molecule has 0 bridgehead atoms. The molecule has 1 aliphatic heterocycles. The maximum Gasteiger partial charge on any atom is 0.337 e. The van der Waals surface area contributed by atoms with E-state index in [0.717, 1.165) is 18.5 Å². The summed E-state index contributed by atoms with van der Waals surface area (Å²) >= 11 is 0. The number of esters is 1. The molecule has 0 fully saturated rings. The largest absolute Gasteiger partial charge is 0.465 e. The van der Waals surface area contributed by atoms with Gasteiger partial charge in [0.15, 0.2) is 0 Å². The Morgan fingerprint density at radius 1 is 1.29 bits per heavy atom. The van der Waals surface area contributed by atoms with Gasteiger partial charge >= 0.3 is 5.97 Å². The highest BCUT2D eigenvalue weighted by atomic mass is 16.5. The van der Waals surface area contributed by atoms with Crippen LogP contribution in [0.25, 0.3) is 0 Å². The number of nitrogens with zero attached hydrogens (tertiary/aromatic N) is 1. The highest BCUT2D eigenvalue weighted by Crippen LogP contribution is 2.20. The van der Waals surface area contributed by atoms with Gasteiger partial charge in [0.25, 0.3) is 0 Å². The van der Waals surface area contributed by atoms with Gasteiger partial charge in [0.1, 0.15) is 0 Å². The fourth-order valence-corrected chi connectivity index (χ4v) is 2.07. The molecular weight excluding hydrogens is 218 g/mol. The zero-order chi connectivity index (χ0) is 12.4. The lowest BCUT2D eigenvalue weighted by molar-refractivity contribution is -0.129. The Bertz CT molecular complexity index is 468. The summed E-state index contributed by atoms with van der Waals surface area (Å²) in [5, 5.41) is 0. The molecule has 1 amide bonds. The second-order valence-corrected chi connectivity index (χ2v) is 4.17. The maximum atomic E-state index is 11.4. The van der Waals surface area contributed by atoms with E-state index in [9.17, 15) is 9.59 Å². The molecule has 4 heteroatoms. The van der Waals surface area contributed by atoms with E-state index in [1.165, 1.54) is 12.7 Å². The molecule has 0 unspecified atom stereocenters. The molecule has 0 spiro atoms. The predicted molar refractivity (Wildman–Crippen MR) is 62.6 cm³/mol. The predicted octanol–water partition coefficient (Wildman–Crippen LogP) is 1.38. The van der Waals surface area contributed by atoms with Gasteiger partial charge in [-0.2, -0.15) is 0 Å². The van der Waals surface area contributed by atoms with Crippen molar-refractivity contribution in [1.29, 1.82) is 0 Å². The Morgan fingerprint density at radius 2 is 2.06 bits per heavy atom. The number of ether oxygens (including phenoxy) is 1. The van der Waals surface area contributed by atoms with Crippen LogP contribution in [0.5, 0.6) is 0 Å². The number of amides is 1. The molecule has 17 heavy (non-hydrogen) atoms. The SMILES string of the molecule is COC(=O)c1ccc2c(c1)CN(C(C)=O)CC2. The summed E-state index contributed by atoms with van der Waals surface area (Å²) in [7, 11) is 1.36. The molecule has 1 aromatic rings. The normalized spacial score (nSPS) is 14.1. The van der Waals surface area contributed by atoms with Crippen LogP contribution in [0.2, 0.25) is 0 Å². The summed E-state index contributed by atoms with van der Waals surface area (Å²) in [4.78, 5) is 24.5. The van der Waals surface area contributed by atoms with Crippen LogP contribution in [-0.2, 0) is 22.5 Å². The molecule has 0 radical (unpaired) electrons. The fraction of sp³-hybridized carbons (Fsp3) is 0.385. The van der Waals surface area contributed by atoms with Crippen molar-refractivity contribution in [3.8, 4) is 0 Å². The lowest BCUT2D eigenvalue weighted by atomic mass is 9.97. The first-order valence-corrected chi connectivity index (χ1v) is 5.57. The number of rotatable bonds is 1. The average Bonchev–Trinajstić information content (AvgIpc) is 2.36. The van der Waals surface area contributed by atoms with E-state index in [1.54, 1.807) is 17.9 Å². The van der Waals surface area contributed by atoms with Gasteiger partial charge in [0, 0.05) is 20.0 Å². The van der Waals surface area contributed by atoms with Crippen molar-refractivity contribution >= 4 is 11.9 Å². The van der Waals surface area contributed by atoms with Gasteiger partial charge in [-0.15, -0.1) is 0 Å². The number of hydrogen-bond donors (Lipinski definition) is 0. The van der Waals surface area contributed by atoms with Crippen LogP contribution in [0, 0.1) is 0 Å². The van der Waals surface area contributed by atoms with E-state index in [-0.39, 0.29) is 11.9 Å². The van der Waals surface area contributed by atoms with Crippen molar-refractivity contribution in [3.63, 3.8) is 0 Å². The topological polar surface area (TPSA) is 46.6 Å². The van der Waals surface area contributed by atoms with Crippen LogP contribution in [0.1, 0.15) is 28.4 Å². The smallest absolute Gasteiger partial charge is 0.337 e. The van der Waals surface area contributed by atoms with Gasteiger partial charge in [-0.25, -0.2) is 4.79 Å². The van der Waals surface area contributed by atoms with Crippen LogP contribution in [0.15, 0.2) is 18.2 Å². The number of benzene rings is 1. The molecule has 2 rings (SSSR count). The third kappa shape index (κ3) is 2.30. The summed E-state index contributed by atoms with van der Waals surface area (Å²) < 4.78 is 4.68. The lowest BCUT2D eigenvalue weighted by Crippen LogP contribution is -2.34. The van der Waals surface area contributed by atoms with Gasteiger partial charge < -0.3 is 9.64 Å². The van der Waals surface area contributed by atoms with Gasteiger partial charge in [-0.05, 0) is 29.7 Å². The molecule has 1 heterocycles. The molecular formula is C13H15NO3. The Kier molecular flexibility index (Phi) is 3.13. The van der Waals surface area contributed by atoms with Crippen LogP contribution in [-0.4, -0.2) is 30.4 Å². The number of carbonyl (C=O) groups excluding carboxylic acids is 2. The fourth-order valence-electron chi connectivity index (χ4n) is 2.07. The second-order valence-electron chi connectivity index (χ2n) is 4.17. The summed E-state index contributed by atoms with van der Waals surface area (Å²) in [5.74, 6) is -0.271. The van der Waals surface area contributed by atoms with Crippen molar-refractivity contribution in [1.82, 2.24) is 4.90 Å². The first-order chi connectivity index (χ1) is 8.11. The van der Waals surface area contributed by atoms with E-state index in [0.29, 0.717) is 12.1 Å². The minimum Gasteiger partial charge on any atom is -0.465 e. The van der Waals surface area contributed by atoms with E-state index in [2.05, 4.69) is 4.74 Å². The van der Waals surface area contributed by atoms with E-state index >= 15 is 0 Å². The van der Waals surface area contributed by atoms with Crippen molar-refractivity contribution in [2.45, 2.75) is 19.9 Å². The molecule has 0 saturated heterocycles. The van der Waals surface area contributed by atoms with Gasteiger partial charge in [0.05, 0.1) is 12.7 Å². The van der Waals surface area contributed by atoms with Crippen LogP contribution in [0.3, 0.4) is 0 Å². The summed E-state index contributed by atoms with van der Waals surface area (Å²) in [5.41, 5.74) is 2.78. The van der Waals surface area contributed by atoms with Gasteiger partial charge in [-0.3, -0.25) is 4.79 Å². The van der Waals surface area contributed by atoms with Gasteiger partial charge in [-0.1, -0.05) is 6.07 Å². The number of carbonyl (C=O) groups is 2.